The van der Waals surface area contributed by atoms with E-state index < -0.39 is 5.54 Å². The molecule has 0 radical (unpaired) electrons. The average molecular weight is 205 g/mol. The fourth-order valence-electron chi connectivity index (χ4n) is 1.77. The van der Waals surface area contributed by atoms with Crippen LogP contribution in [0.25, 0.3) is 0 Å². The summed E-state index contributed by atoms with van der Waals surface area (Å²) in [6, 6.07) is 10.1. The van der Waals surface area contributed by atoms with Crippen LogP contribution in [0.2, 0.25) is 0 Å². The maximum Gasteiger partial charge on any atom is 0.150 e. The molecule has 0 saturated carbocycles. The number of carbonyl (C=O) groups excluding carboxylic acids is 1. The van der Waals surface area contributed by atoms with Gasteiger partial charge < -0.3 is 5.32 Å². The number of nitrogens with one attached hydrogen (secondary N) is 1. The minimum atomic E-state index is -0.485. The third-order valence-electron chi connectivity index (χ3n) is 3.42. The van der Waals surface area contributed by atoms with E-state index in [1.165, 1.54) is 5.56 Å². The number of Topliss-reactive ketones (excluding diaryl/α,β-unsaturated/α-hetero) is 1. The van der Waals surface area contributed by atoms with Crippen molar-refractivity contribution < 1.29 is 4.79 Å². The SMILES string of the molecule is CN[C@](C)(C(C)=O)C(C)c1ccccc1. The number of benzene rings is 1. The second kappa shape index (κ2) is 4.58. The van der Waals surface area contributed by atoms with E-state index >= 15 is 0 Å². The van der Waals surface area contributed by atoms with Crippen LogP contribution in [-0.4, -0.2) is 18.4 Å². The van der Waals surface area contributed by atoms with Crippen molar-refractivity contribution in [3.63, 3.8) is 0 Å². The predicted molar refractivity (Wildman–Crippen MR) is 63.0 cm³/mol. The Labute approximate surface area is 91.7 Å². The van der Waals surface area contributed by atoms with Gasteiger partial charge in [-0.05, 0) is 26.5 Å². The molecule has 1 aromatic rings. The molecule has 0 aromatic heterocycles. The third kappa shape index (κ3) is 2.26. The summed E-state index contributed by atoms with van der Waals surface area (Å²) in [4.78, 5) is 11.6. The summed E-state index contributed by atoms with van der Waals surface area (Å²) in [5, 5.41) is 3.13. The van der Waals surface area contributed by atoms with Gasteiger partial charge in [-0.3, -0.25) is 4.79 Å². The Balaban J connectivity index is 3.02. The maximum atomic E-state index is 11.6. The molecule has 0 amide bonds. The van der Waals surface area contributed by atoms with Crippen molar-refractivity contribution in [1.82, 2.24) is 5.32 Å². The van der Waals surface area contributed by atoms with Crippen molar-refractivity contribution in [3.8, 4) is 0 Å². The van der Waals surface area contributed by atoms with Crippen molar-refractivity contribution in [2.45, 2.75) is 32.2 Å². The van der Waals surface area contributed by atoms with Crippen LogP contribution >= 0.6 is 0 Å². The summed E-state index contributed by atoms with van der Waals surface area (Å²) in [6.45, 7) is 5.66. The zero-order valence-electron chi connectivity index (χ0n) is 9.87. The van der Waals surface area contributed by atoms with Crippen LogP contribution in [0, 0.1) is 0 Å². The van der Waals surface area contributed by atoms with E-state index in [9.17, 15) is 4.79 Å². The fourth-order valence-corrected chi connectivity index (χ4v) is 1.77. The first kappa shape index (κ1) is 11.9. The van der Waals surface area contributed by atoms with Crippen molar-refractivity contribution >= 4 is 5.78 Å². The normalized spacial score (nSPS) is 16.8. The van der Waals surface area contributed by atoms with Crippen molar-refractivity contribution in [3.05, 3.63) is 35.9 Å². The Morgan fingerprint density at radius 2 is 1.87 bits per heavy atom. The maximum absolute atomic E-state index is 11.6. The molecule has 0 heterocycles. The van der Waals surface area contributed by atoms with Crippen LogP contribution < -0.4 is 5.32 Å². The number of rotatable bonds is 4. The molecule has 0 saturated heterocycles. The Morgan fingerprint density at radius 1 is 1.33 bits per heavy atom. The Hall–Kier alpha value is -1.15. The summed E-state index contributed by atoms with van der Waals surface area (Å²) in [6.07, 6.45) is 0. The summed E-state index contributed by atoms with van der Waals surface area (Å²) in [5.74, 6) is 0.336. The molecule has 2 heteroatoms. The van der Waals surface area contributed by atoms with Crippen LogP contribution in [0.3, 0.4) is 0 Å². The largest absolute Gasteiger partial charge is 0.308 e. The molecular formula is C13H19NO. The number of hydrogen-bond acceptors (Lipinski definition) is 2. The lowest BCUT2D eigenvalue weighted by molar-refractivity contribution is -0.123. The molecule has 1 N–H and O–H groups in total. The molecule has 1 unspecified atom stereocenters. The van der Waals surface area contributed by atoms with Crippen LogP contribution in [0.15, 0.2) is 30.3 Å². The van der Waals surface area contributed by atoms with Gasteiger partial charge in [-0.25, -0.2) is 0 Å². The van der Waals surface area contributed by atoms with Crippen molar-refractivity contribution in [2.75, 3.05) is 7.05 Å². The van der Waals surface area contributed by atoms with Gasteiger partial charge >= 0.3 is 0 Å². The monoisotopic (exact) mass is 205 g/mol. The van der Waals surface area contributed by atoms with Gasteiger partial charge in [0.05, 0.1) is 5.54 Å². The van der Waals surface area contributed by atoms with Gasteiger partial charge in [0.2, 0.25) is 0 Å². The fraction of sp³-hybridized carbons (Fsp3) is 0.462. The van der Waals surface area contributed by atoms with E-state index in [0.717, 1.165) is 0 Å². The minimum Gasteiger partial charge on any atom is -0.308 e. The first-order valence-corrected chi connectivity index (χ1v) is 5.27. The summed E-state index contributed by atoms with van der Waals surface area (Å²) >= 11 is 0. The Bertz CT molecular complexity index is 334. The summed E-state index contributed by atoms with van der Waals surface area (Å²) in [5.41, 5.74) is 0.700. The second-order valence-electron chi connectivity index (χ2n) is 4.14. The highest BCUT2D eigenvalue weighted by atomic mass is 16.1. The predicted octanol–water partition coefficient (Wildman–Crippen LogP) is 2.36. The molecule has 0 aliphatic heterocycles. The molecular weight excluding hydrogens is 186 g/mol. The molecule has 0 aliphatic rings. The molecule has 1 rings (SSSR count). The molecule has 0 aliphatic carbocycles. The van der Waals surface area contributed by atoms with Gasteiger partial charge in [-0.1, -0.05) is 37.3 Å². The van der Waals surface area contributed by atoms with Gasteiger partial charge in [-0.15, -0.1) is 0 Å². The lowest BCUT2D eigenvalue weighted by atomic mass is 9.79. The highest BCUT2D eigenvalue weighted by Gasteiger charge is 2.34. The smallest absolute Gasteiger partial charge is 0.150 e. The van der Waals surface area contributed by atoms with Crippen LogP contribution in [0.4, 0.5) is 0 Å². The molecule has 1 aromatic carbocycles. The summed E-state index contributed by atoms with van der Waals surface area (Å²) in [7, 11) is 1.83. The number of carbonyl (C=O) groups is 1. The lowest BCUT2D eigenvalue weighted by Crippen LogP contribution is -2.50. The molecule has 2 nitrogen and oxygen atoms in total. The standard InChI is InChI=1S/C13H19NO/c1-10(12-8-6-5-7-9-12)13(3,14-4)11(2)15/h5-10,14H,1-4H3/t10?,13-/m0/s1. The quantitative estimate of drug-likeness (QED) is 0.817. The zero-order chi connectivity index (χ0) is 11.5. The van der Waals surface area contributed by atoms with Gasteiger partial charge in [-0.2, -0.15) is 0 Å². The van der Waals surface area contributed by atoms with Crippen LogP contribution in [0.1, 0.15) is 32.3 Å². The highest BCUT2D eigenvalue weighted by Crippen LogP contribution is 2.28. The van der Waals surface area contributed by atoms with Gasteiger partial charge in [0.1, 0.15) is 5.78 Å². The molecule has 0 fully saturated rings. The molecule has 15 heavy (non-hydrogen) atoms. The second-order valence-corrected chi connectivity index (χ2v) is 4.14. The average Bonchev–Trinajstić information content (AvgIpc) is 2.28. The molecule has 0 spiro atoms. The third-order valence-corrected chi connectivity index (χ3v) is 3.42. The summed E-state index contributed by atoms with van der Waals surface area (Å²) < 4.78 is 0. The number of hydrogen-bond donors (Lipinski definition) is 1. The van der Waals surface area contributed by atoms with E-state index in [2.05, 4.69) is 24.4 Å². The first-order chi connectivity index (χ1) is 7.02. The van der Waals surface area contributed by atoms with Gasteiger partial charge in [0.15, 0.2) is 0 Å². The van der Waals surface area contributed by atoms with Crippen molar-refractivity contribution in [1.29, 1.82) is 0 Å². The lowest BCUT2D eigenvalue weighted by Gasteiger charge is -2.33. The topological polar surface area (TPSA) is 29.1 Å². The van der Waals surface area contributed by atoms with Gasteiger partial charge in [0.25, 0.3) is 0 Å². The molecule has 82 valence electrons. The van der Waals surface area contributed by atoms with E-state index in [4.69, 9.17) is 0 Å². The van der Waals surface area contributed by atoms with Crippen LogP contribution in [0.5, 0.6) is 0 Å². The Morgan fingerprint density at radius 3 is 2.27 bits per heavy atom. The zero-order valence-corrected chi connectivity index (χ0v) is 9.87. The number of ketones is 1. The molecule has 2 atom stereocenters. The van der Waals surface area contributed by atoms with Crippen LogP contribution in [-0.2, 0) is 4.79 Å². The number of likely N-dealkylation sites (N-methyl/N-ethyl adjacent to an activating group) is 1. The van der Waals surface area contributed by atoms with E-state index in [1.54, 1.807) is 6.92 Å². The van der Waals surface area contributed by atoms with E-state index in [0.29, 0.717) is 0 Å². The van der Waals surface area contributed by atoms with Crippen molar-refractivity contribution in [2.24, 2.45) is 0 Å². The van der Waals surface area contributed by atoms with Gasteiger partial charge in [0, 0.05) is 5.92 Å². The Kier molecular flexibility index (Phi) is 3.64. The highest BCUT2D eigenvalue weighted by molar-refractivity contribution is 5.86. The first-order valence-electron chi connectivity index (χ1n) is 5.27. The van der Waals surface area contributed by atoms with E-state index in [1.807, 2.05) is 32.2 Å². The molecule has 0 bridgehead atoms. The minimum absolute atomic E-state index is 0.168. The van der Waals surface area contributed by atoms with E-state index in [-0.39, 0.29) is 11.7 Å².